The Kier molecular flexibility index (Phi) is 8.02. The molecule has 0 bridgehead atoms. The summed E-state index contributed by atoms with van der Waals surface area (Å²) >= 11 is 0. The summed E-state index contributed by atoms with van der Waals surface area (Å²) in [6, 6.07) is 9.56. The first kappa shape index (κ1) is 16.1. The quantitative estimate of drug-likeness (QED) is 0.628. The van der Waals surface area contributed by atoms with E-state index in [1.165, 1.54) is 0 Å². The molecular formula is C14H20N2O4. The zero-order valence-electron chi connectivity index (χ0n) is 11.6. The maximum absolute atomic E-state index is 11.4. The first-order chi connectivity index (χ1) is 9.72. The van der Waals surface area contributed by atoms with Crippen LogP contribution in [0.4, 0.5) is 0 Å². The minimum absolute atomic E-state index is 0.0583. The van der Waals surface area contributed by atoms with E-state index in [-0.39, 0.29) is 25.0 Å². The lowest BCUT2D eigenvalue weighted by Crippen LogP contribution is -2.39. The Bertz CT molecular complexity index is 409. The van der Waals surface area contributed by atoms with Gasteiger partial charge in [-0.15, -0.1) is 0 Å². The summed E-state index contributed by atoms with van der Waals surface area (Å²) < 4.78 is 10.0. The van der Waals surface area contributed by atoms with E-state index in [0.29, 0.717) is 19.8 Å². The number of nitrogens with one attached hydrogen (secondary N) is 2. The zero-order valence-corrected chi connectivity index (χ0v) is 11.6. The van der Waals surface area contributed by atoms with Crippen molar-refractivity contribution < 1.29 is 19.1 Å². The molecule has 0 aliphatic carbocycles. The van der Waals surface area contributed by atoms with Crippen molar-refractivity contribution >= 4 is 11.8 Å². The third-order valence-electron chi connectivity index (χ3n) is 2.42. The van der Waals surface area contributed by atoms with Gasteiger partial charge in [-0.1, -0.05) is 30.3 Å². The van der Waals surface area contributed by atoms with Crippen molar-refractivity contribution in [3.05, 3.63) is 35.9 Å². The molecular weight excluding hydrogens is 260 g/mol. The lowest BCUT2D eigenvalue weighted by Gasteiger charge is -2.07. The van der Waals surface area contributed by atoms with Crippen molar-refractivity contribution in [2.45, 2.75) is 6.61 Å². The highest BCUT2D eigenvalue weighted by molar-refractivity contribution is 5.85. The zero-order chi connectivity index (χ0) is 14.6. The number of carbonyl (C=O) groups excluding carboxylic acids is 2. The lowest BCUT2D eigenvalue weighted by atomic mass is 10.2. The maximum Gasteiger partial charge on any atom is 0.246 e. The Morgan fingerprint density at radius 3 is 2.55 bits per heavy atom. The van der Waals surface area contributed by atoms with Gasteiger partial charge in [-0.25, -0.2) is 0 Å². The number of amides is 2. The highest BCUT2D eigenvalue weighted by atomic mass is 16.5. The largest absolute Gasteiger partial charge is 0.383 e. The second-order valence-electron chi connectivity index (χ2n) is 4.10. The van der Waals surface area contributed by atoms with Gasteiger partial charge >= 0.3 is 0 Å². The third kappa shape index (κ3) is 7.50. The predicted octanol–water partition coefficient (Wildman–Crippen LogP) is 0.0820. The third-order valence-corrected chi connectivity index (χ3v) is 2.42. The minimum atomic E-state index is -0.317. The van der Waals surface area contributed by atoms with Crippen LogP contribution in [0.5, 0.6) is 0 Å². The summed E-state index contributed by atoms with van der Waals surface area (Å²) in [4.78, 5) is 22.7. The number of hydrogen-bond acceptors (Lipinski definition) is 4. The molecule has 110 valence electrons. The van der Waals surface area contributed by atoms with Crippen LogP contribution in [-0.4, -0.2) is 45.2 Å². The Morgan fingerprint density at radius 2 is 1.85 bits per heavy atom. The maximum atomic E-state index is 11.4. The fraction of sp³-hybridized carbons (Fsp3) is 0.429. The van der Waals surface area contributed by atoms with Crippen LogP contribution in [0, 0.1) is 0 Å². The summed E-state index contributed by atoms with van der Waals surface area (Å²) in [5.74, 6) is -0.568. The molecule has 20 heavy (non-hydrogen) atoms. The van der Waals surface area contributed by atoms with Crippen molar-refractivity contribution in [1.29, 1.82) is 0 Å². The molecule has 0 unspecified atom stereocenters. The van der Waals surface area contributed by atoms with Crippen molar-refractivity contribution in [3.8, 4) is 0 Å². The summed E-state index contributed by atoms with van der Waals surface area (Å²) in [5.41, 5.74) is 0.998. The normalized spacial score (nSPS) is 10.1. The van der Waals surface area contributed by atoms with E-state index in [0.717, 1.165) is 5.56 Å². The van der Waals surface area contributed by atoms with Gasteiger partial charge in [0.05, 0.1) is 19.8 Å². The van der Waals surface area contributed by atoms with Gasteiger partial charge in [-0.05, 0) is 5.56 Å². The molecule has 0 fully saturated rings. The second-order valence-corrected chi connectivity index (χ2v) is 4.10. The standard InChI is InChI=1S/C14H20N2O4/c1-19-8-7-15-13(17)9-16-14(18)11-20-10-12-5-3-2-4-6-12/h2-6H,7-11H2,1H3,(H,15,17)(H,16,18). The molecule has 1 rings (SSSR count). The average molecular weight is 280 g/mol. The summed E-state index contributed by atoms with van der Waals surface area (Å²) in [7, 11) is 1.55. The van der Waals surface area contributed by atoms with Crippen molar-refractivity contribution in [3.63, 3.8) is 0 Å². The van der Waals surface area contributed by atoms with Crippen LogP contribution in [0.3, 0.4) is 0 Å². The van der Waals surface area contributed by atoms with Gasteiger partial charge in [0.25, 0.3) is 0 Å². The number of hydrogen-bond donors (Lipinski definition) is 2. The van der Waals surface area contributed by atoms with Crippen LogP contribution in [0.1, 0.15) is 5.56 Å². The van der Waals surface area contributed by atoms with E-state index in [1.807, 2.05) is 30.3 Å². The van der Waals surface area contributed by atoms with Crippen molar-refractivity contribution in [2.24, 2.45) is 0 Å². The van der Waals surface area contributed by atoms with Crippen LogP contribution >= 0.6 is 0 Å². The molecule has 0 saturated heterocycles. The molecule has 0 atom stereocenters. The summed E-state index contributed by atoms with van der Waals surface area (Å²) in [6.07, 6.45) is 0. The number of methoxy groups -OCH3 is 1. The van der Waals surface area contributed by atoms with E-state index >= 15 is 0 Å². The topological polar surface area (TPSA) is 76.7 Å². The van der Waals surface area contributed by atoms with Gasteiger partial charge < -0.3 is 20.1 Å². The van der Waals surface area contributed by atoms with Gasteiger partial charge in [0.15, 0.2) is 0 Å². The highest BCUT2D eigenvalue weighted by Crippen LogP contribution is 1.99. The highest BCUT2D eigenvalue weighted by Gasteiger charge is 2.05. The smallest absolute Gasteiger partial charge is 0.246 e. The molecule has 0 radical (unpaired) electrons. The molecule has 6 nitrogen and oxygen atoms in total. The predicted molar refractivity (Wildman–Crippen MR) is 74.0 cm³/mol. The number of carbonyl (C=O) groups is 2. The number of benzene rings is 1. The summed E-state index contributed by atoms with van der Waals surface area (Å²) in [5, 5.41) is 5.08. The Balaban J connectivity index is 2.07. The van der Waals surface area contributed by atoms with Gasteiger partial charge in [0.2, 0.25) is 11.8 Å². The first-order valence-electron chi connectivity index (χ1n) is 6.36. The van der Waals surface area contributed by atoms with Gasteiger partial charge in [-0.2, -0.15) is 0 Å². The molecule has 0 aliphatic heterocycles. The molecule has 2 amide bonds. The molecule has 1 aromatic carbocycles. The molecule has 0 aromatic heterocycles. The van der Waals surface area contributed by atoms with Crippen LogP contribution in [0.25, 0.3) is 0 Å². The molecule has 1 aromatic rings. The van der Waals surface area contributed by atoms with Crippen LogP contribution in [-0.2, 0) is 25.7 Å². The van der Waals surface area contributed by atoms with Crippen LogP contribution in [0.15, 0.2) is 30.3 Å². The lowest BCUT2D eigenvalue weighted by molar-refractivity contribution is -0.129. The fourth-order valence-corrected chi connectivity index (χ4v) is 1.42. The van der Waals surface area contributed by atoms with Gasteiger partial charge in [0, 0.05) is 13.7 Å². The fourth-order valence-electron chi connectivity index (χ4n) is 1.42. The monoisotopic (exact) mass is 280 g/mol. The van der Waals surface area contributed by atoms with Crippen LogP contribution in [0.2, 0.25) is 0 Å². The van der Waals surface area contributed by atoms with E-state index < -0.39 is 0 Å². The van der Waals surface area contributed by atoms with Gasteiger partial charge in [-0.3, -0.25) is 9.59 Å². The average Bonchev–Trinajstić information content (AvgIpc) is 2.46. The van der Waals surface area contributed by atoms with Crippen molar-refractivity contribution in [2.75, 3.05) is 33.4 Å². The Hall–Kier alpha value is -1.92. The van der Waals surface area contributed by atoms with E-state index in [9.17, 15) is 9.59 Å². The Morgan fingerprint density at radius 1 is 1.10 bits per heavy atom. The Labute approximate surface area is 118 Å². The molecule has 0 spiro atoms. The molecule has 0 saturated carbocycles. The molecule has 6 heteroatoms. The first-order valence-corrected chi connectivity index (χ1v) is 6.36. The minimum Gasteiger partial charge on any atom is -0.383 e. The van der Waals surface area contributed by atoms with E-state index in [4.69, 9.17) is 9.47 Å². The number of ether oxygens (including phenoxy) is 2. The second kappa shape index (κ2) is 9.94. The summed E-state index contributed by atoms with van der Waals surface area (Å²) in [6.45, 7) is 1.11. The van der Waals surface area contributed by atoms with Gasteiger partial charge in [0.1, 0.15) is 6.61 Å². The molecule has 2 N–H and O–H groups in total. The van der Waals surface area contributed by atoms with E-state index in [2.05, 4.69) is 10.6 Å². The number of rotatable bonds is 9. The molecule has 0 aliphatic rings. The molecule has 0 heterocycles. The van der Waals surface area contributed by atoms with E-state index in [1.54, 1.807) is 7.11 Å². The van der Waals surface area contributed by atoms with Crippen LogP contribution < -0.4 is 10.6 Å². The van der Waals surface area contributed by atoms with Crippen molar-refractivity contribution in [1.82, 2.24) is 10.6 Å². The SMILES string of the molecule is COCCNC(=O)CNC(=O)COCc1ccccc1.